The summed E-state index contributed by atoms with van der Waals surface area (Å²) in [4.78, 5) is 24.6. The number of unbranched alkanes of at least 4 members (excludes halogenated alkanes) is 16. The van der Waals surface area contributed by atoms with Crippen molar-refractivity contribution in [3.05, 3.63) is 69.8 Å². The summed E-state index contributed by atoms with van der Waals surface area (Å²) in [7, 11) is 0. The summed E-state index contributed by atoms with van der Waals surface area (Å²) in [6.07, 6.45) is 21.6. The lowest BCUT2D eigenvalue weighted by Gasteiger charge is -2.29. The molecular formula is C41H56O4. The Morgan fingerprint density at radius 1 is 0.556 bits per heavy atom. The maximum Gasteiger partial charge on any atom is 0.335 e. The highest BCUT2D eigenvalue weighted by Gasteiger charge is 2.32. The van der Waals surface area contributed by atoms with E-state index in [0.29, 0.717) is 11.1 Å². The van der Waals surface area contributed by atoms with Crippen molar-refractivity contribution in [2.75, 3.05) is 0 Å². The van der Waals surface area contributed by atoms with Crippen LogP contribution in [0.1, 0.15) is 186 Å². The zero-order valence-corrected chi connectivity index (χ0v) is 28.4. The van der Waals surface area contributed by atoms with Crippen molar-refractivity contribution >= 4 is 11.9 Å². The first-order valence-corrected chi connectivity index (χ1v) is 17.5. The molecule has 45 heavy (non-hydrogen) atoms. The molecule has 244 valence electrons. The Kier molecular flexibility index (Phi) is 17.8. The molecular weight excluding hydrogens is 556 g/mol. The maximum atomic E-state index is 12.3. The van der Waals surface area contributed by atoms with Crippen LogP contribution >= 0.6 is 0 Å². The van der Waals surface area contributed by atoms with Gasteiger partial charge in [0, 0.05) is 29.4 Å². The van der Waals surface area contributed by atoms with Gasteiger partial charge in [0.25, 0.3) is 0 Å². The molecule has 0 aliphatic heterocycles. The van der Waals surface area contributed by atoms with Gasteiger partial charge in [-0.1, -0.05) is 141 Å². The normalized spacial score (nSPS) is 10.9. The van der Waals surface area contributed by atoms with Gasteiger partial charge in [0.05, 0.1) is 11.1 Å². The van der Waals surface area contributed by atoms with Crippen LogP contribution in [-0.2, 0) is 5.41 Å². The van der Waals surface area contributed by atoms with Gasteiger partial charge in [-0.3, -0.25) is 0 Å². The van der Waals surface area contributed by atoms with E-state index in [2.05, 4.69) is 37.5 Å². The van der Waals surface area contributed by atoms with Gasteiger partial charge >= 0.3 is 11.9 Å². The largest absolute Gasteiger partial charge is 0.478 e. The molecule has 4 nitrogen and oxygen atoms in total. The highest BCUT2D eigenvalue weighted by Crippen LogP contribution is 2.37. The molecule has 0 amide bonds. The summed E-state index contributed by atoms with van der Waals surface area (Å²) in [5, 5.41) is 20.1. The Balaban J connectivity index is 2.17. The van der Waals surface area contributed by atoms with Crippen LogP contribution in [0.15, 0.2) is 36.4 Å². The molecule has 2 aromatic rings. The van der Waals surface area contributed by atoms with Gasteiger partial charge in [-0.05, 0) is 60.4 Å². The van der Waals surface area contributed by atoms with Gasteiger partial charge in [0.1, 0.15) is 0 Å². The van der Waals surface area contributed by atoms with Crippen LogP contribution in [0.25, 0.3) is 0 Å². The fourth-order valence-electron chi connectivity index (χ4n) is 5.82. The standard InChI is InChI=1S/C41H56O4/c1-5-7-9-11-13-15-17-19-21-23-25-33-27-29-35(39(42)43)37(31-33)41(3,4)38-32-34(28-30-36(38)40(44)45)26-24-22-20-18-16-14-12-10-8-6-2/h27-32H,5-22H2,1-4H3,(H,42,43)(H,44,45). The lowest BCUT2D eigenvalue weighted by atomic mass is 9.73. The first kappa shape index (κ1) is 37.7. The van der Waals surface area contributed by atoms with Crippen LogP contribution in [0.2, 0.25) is 0 Å². The van der Waals surface area contributed by atoms with Crippen LogP contribution in [0.4, 0.5) is 0 Å². The van der Waals surface area contributed by atoms with Crippen LogP contribution in [0.3, 0.4) is 0 Å². The third-order valence-corrected chi connectivity index (χ3v) is 8.62. The van der Waals surface area contributed by atoms with Crippen LogP contribution < -0.4 is 0 Å². The molecule has 0 atom stereocenters. The van der Waals surface area contributed by atoms with Crippen molar-refractivity contribution in [3.63, 3.8) is 0 Å². The van der Waals surface area contributed by atoms with E-state index in [-0.39, 0.29) is 11.1 Å². The molecule has 0 aliphatic carbocycles. The summed E-state index contributed by atoms with van der Waals surface area (Å²) in [5.41, 5.74) is 1.95. The number of hydrogen-bond donors (Lipinski definition) is 2. The summed E-state index contributed by atoms with van der Waals surface area (Å²) in [6.45, 7) is 8.23. The van der Waals surface area contributed by atoms with E-state index >= 15 is 0 Å². The monoisotopic (exact) mass is 612 g/mol. The second-order valence-corrected chi connectivity index (χ2v) is 12.8. The van der Waals surface area contributed by atoms with Gasteiger partial charge in [0.15, 0.2) is 0 Å². The van der Waals surface area contributed by atoms with Crippen molar-refractivity contribution in [1.82, 2.24) is 0 Å². The molecule has 0 saturated heterocycles. The second kappa shape index (κ2) is 21.3. The van der Waals surface area contributed by atoms with E-state index in [0.717, 1.165) is 36.8 Å². The fraction of sp³-hybridized carbons (Fsp3) is 0.561. The highest BCUT2D eigenvalue weighted by atomic mass is 16.4. The molecule has 0 radical (unpaired) electrons. The van der Waals surface area contributed by atoms with Crippen molar-refractivity contribution in [1.29, 1.82) is 0 Å². The van der Waals surface area contributed by atoms with E-state index < -0.39 is 17.4 Å². The fourth-order valence-corrected chi connectivity index (χ4v) is 5.82. The lowest BCUT2D eigenvalue weighted by Crippen LogP contribution is -2.25. The molecule has 2 aromatic carbocycles. The molecule has 0 unspecified atom stereocenters. The Morgan fingerprint density at radius 2 is 0.889 bits per heavy atom. The average Bonchev–Trinajstić information content (AvgIpc) is 3.02. The zero-order valence-electron chi connectivity index (χ0n) is 28.4. The van der Waals surface area contributed by atoms with Gasteiger partial charge in [-0.15, -0.1) is 0 Å². The minimum atomic E-state index is -1.05. The Bertz CT molecular complexity index is 1230. The Morgan fingerprint density at radius 3 is 1.22 bits per heavy atom. The summed E-state index contributed by atoms with van der Waals surface area (Å²) >= 11 is 0. The predicted molar refractivity (Wildman–Crippen MR) is 187 cm³/mol. The number of rotatable bonds is 20. The second-order valence-electron chi connectivity index (χ2n) is 12.8. The molecule has 0 aromatic heterocycles. The maximum absolute atomic E-state index is 12.3. The highest BCUT2D eigenvalue weighted by molar-refractivity contribution is 5.93. The minimum absolute atomic E-state index is 0.149. The molecule has 0 fully saturated rings. The molecule has 0 spiro atoms. The molecule has 4 heteroatoms. The third kappa shape index (κ3) is 13.6. The smallest absolute Gasteiger partial charge is 0.335 e. The van der Waals surface area contributed by atoms with Crippen molar-refractivity contribution in [3.8, 4) is 23.7 Å². The number of hydrogen-bond acceptors (Lipinski definition) is 2. The van der Waals surface area contributed by atoms with E-state index in [1.165, 1.54) is 89.9 Å². The molecule has 0 saturated carbocycles. The molecule has 2 N–H and O–H groups in total. The molecule has 2 rings (SSSR count). The number of carbonyl (C=O) groups is 2. The lowest BCUT2D eigenvalue weighted by molar-refractivity contribution is 0.0686. The summed E-state index contributed by atoms with van der Waals surface area (Å²) in [5.74, 6) is 10.9. The van der Waals surface area contributed by atoms with Crippen molar-refractivity contribution in [2.45, 2.75) is 149 Å². The summed E-state index contributed by atoms with van der Waals surface area (Å²) < 4.78 is 0. The van der Waals surface area contributed by atoms with Gasteiger partial charge in [-0.2, -0.15) is 0 Å². The van der Waals surface area contributed by atoms with Crippen LogP contribution in [0, 0.1) is 23.7 Å². The first-order chi connectivity index (χ1) is 21.7. The number of aromatic carboxylic acids is 2. The SMILES string of the molecule is CCCCCCCCCCC#Cc1ccc(C(=O)O)c(C(C)(C)c2cc(C#CCCCCCCCCCC)ccc2C(=O)O)c1. The number of carboxylic acid groups (broad SMARTS) is 2. The minimum Gasteiger partial charge on any atom is -0.478 e. The van der Waals surface area contributed by atoms with Crippen LogP contribution in [0.5, 0.6) is 0 Å². The Labute approximate surface area is 273 Å². The van der Waals surface area contributed by atoms with Gasteiger partial charge < -0.3 is 10.2 Å². The third-order valence-electron chi connectivity index (χ3n) is 8.62. The Hall–Kier alpha value is -3.50. The summed E-state index contributed by atoms with van der Waals surface area (Å²) in [6, 6.07) is 10.3. The quantitative estimate of drug-likeness (QED) is 0.115. The molecule has 0 aliphatic rings. The number of carboxylic acids is 2. The van der Waals surface area contributed by atoms with Gasteiger partial charge in [0.2, 0.25) is 0 Å². The zero-order chi connectivity index (χ0) is 32.9. The van der Waals surface area contributed by atoms with Crippen molar-refractivity contribution < 1.29 is 19.8 Å². The van der Waals surface area contributed by atoms with E-state index in [4.69, 9.17) is 0 Å². The topological polar surface area (TPSA) is 74.6 Å². The molecule has 0 heterocycles. The average molecular weight is 613 g/mol. The molecule has 0 bridgehead atoms. The van der Waals surface area contributed by atoms with E-state index in [1.807, 2.05) is 26.0 Å². The van der Waals surface area contributed by atoms with Gasteiger partial charge in [-0.25, -0.2) is 9.59 Å². The van der Waals surface area contributed by atoms with Crippen molar-refractivity contribution in [2.24, 2.45) is 0 Å². The predicted octanol–water partition coefficient (Wildman–Crippen LogP) is 11.2. The van der Waals surface area contributed by atoms with E-state index in [1.54, 1.807) is 24.3 Å². The van der Waals surface area contributed by atoms with E-state index in [9.17, 15) is 19.8 Å². The van der Waals surface area contributed by atoms with Crippen LogP contribution in [-0.4, -0.2) is 22.2 Å². The number of benzene rings is 2. The first-order valence-electron chi connectivity index (χ1n) is 17.5.